The summed E-state index contributed by atoms with van der Waals surface area (Å²) in [4.78, 5) is 15.9. The molecule has 0 bridgehead atoms. The van der Waals surface area contributed by atoms with Crippen LogP contribution in [-0.4, -0.2) is 37.7 Å². The number of carbonyl (C=O) groups is 1. The van der Waals surface area contributed by atoms with Crippen LogP contribution in [0.15, 0.2) is 12.1 Å². The Labute approximate surface area is 106 Å². The van der Waals surface area contributed by atoms with Gasteiger partial charge in [-0.2, -0.15) is 0 Å². The highest BCUT2D eigenvalue weighted by molar-refractivity contribution is 6.29. The Morgan fingerprint density at radius 2 is 2.29 bits per heavy atom. The summed E-state index contributed by atoms with van der Waals surface area (Å²) < 4.78 is 4.94. The van der Waals surface area contributed by atoms with Crippen molar-refractivity contribution in [3.63, 3.8) is 0 Å². The second kappa shape index (κ2) is 6.42. The molecule has 0 saturated carbocycles. The minimum atomic E-state index is -0.199. The van der Waals surface area contributed by atoms with E-state index >= 15 is 0 Å². The van der Waals surface area contributed by atoms with Crippen molar-refractivity contribution in [1.29, 1.82) is 0 Å². The van der Waals surface area contributed by atoms with Crippen LogP contribution in [0.2, 0.25) is 5.15 Å². The maximum Gasteiger partial charge on any atom is 0.251 e. The van der Waals surface area contributed by atoms with E-state index in [1.165, 1.54) is 6.07 Å². The van der Waals surface area contributed by atoms with Crippen LogP contribution in [0.5, 0.6) is 0 Å². The minimum absolute atomic E-state index is 0.0579. The first-order valence-corrected chi connectivity index (χ1v) is 5.59. The van der Waals surface area contributed by atoms with Crippen molar-refractivity contribution in [2.24, 2.45) is 0 Å². The zero-order valence-electron chi connectivity index (χ0n) is 10.1. The van der Waals surface area contributed by atoms with E-state index in [9.17, 15) is 4.79 Å². The van der Waals surface area contributed by atoms with Crippen molar-refractivity contribution in [2.75, 3.05) is 26.1 Å². The van der Waals surface area contributed by atoms with Crippen LogP contribution in [0.1, 0.15) is 17.3 Å². The minimum Gasteiger partial charge on any atom is -0.383 e. The van der Waals surface area contributed by atoms with Crippen LogP contribution in [-0.2, 0) is 4.74 Å². The number of nitrogens with one attached hydrogen (secondary N) is 2. The number of hydrogen-bond donors (Lipinski definition) is 2. The molecule has 0 aliphatic carbocycles. The lowest BCUT2D eigenvalue weighted by Crippen LogP contribution is -2.35. The number of pyridine rings is 1. The van der Waals surface area contributed by atoms with Gasteiger partial charge in [0.2, 0.25) is 0 Å². The molecule has 1 heterocycles. The topological polar surface area (TPSA) is 63.2 Å². The smallest absolute Gasteiger partial charge is 0.251 e. The van der Waals surface area contributed by atoms with Crippen LogP contribution in [0.3, 0.4) is 0 Å². The van der Waals surface area contributed by atoms with Crippen molar-refractivity contribution >= 4 is 23.3 Å². The summed E-state index contributed by atoms with van der Waals surface area (Å²) in [6.45, 7) is 2.33. The third-order valence-corrected chi connectivity index (χ3v) is 2.30. The quantitative estimate of drug-likeness (QED) is 0.786. The number of amides is 1. The van der Waals surface area contributed by atoms with Gasteiger partial charge in [0, 0.05) is 25.8 Å². The molecule has 1 aromatic heterocycles. The van der Waals surface area contributed by atoms with Gasteiger partial charge in [0.05, 0.1) is 6.61 Å². The summed E-state index contributed by atoms with van der Waals surface area (Å²) in [5.41, 5.74) is 0.470. The third kappa shape index (κ3) is 4.20. The summed E-state index contributed by atoms with van der Waals surface area (Å²) in [5, 5.41) is 5.92. The average molecular weight is 258 g/mol. The predicted octanol–water partition coefficient (Wildman–Crippen LogP) is 1.54. The van der Waals surface area contributed by atoms with Crippen molar-refractivity contribution in [2.45, 2.75) is 13.0 Å². The van der Waals surface area contributed by atoms with E-state index in [2.05, 4.69) is 15.6 Å². The highest BCUT2D eigenvalue weighted by Gasteiger charge is 2.11. The number of carbonyl (C=O) groups excluding carboxylic acids is 1. The highest BCUT2D eigenvalue weighted by Crippen LogP contribution is 2.14. The molecule has 0 aliphatic rings. The number of ether oxygens (including phenoxy) is 1. The number of nitrogens with zero attached hydrogens (tertiary/aromatic N) is 1. The van der Waals surface area contributed by atoms with Crippen LogP contribution in [0, 0.1) is 0 Å². The summed E-state index contributed by atoms with van der Waals surface area (Å²) in [6, 6.07) is 3.11. The number of methoxy groups -OCH3 is 1. The molecule has 1 atom stereocenters. The van der Waals surface area contributed by atoms with E-state index in [4.69, 9.17) is 16.3 Å². The first kappa shape index (κ1) is 13.7. The molecule has 94 valence electrons. The molecule has 0 aliphatic heterocycles. The normalized spacial score (nSPS) is 12.0. The molecule has 1 rings (SSSR count). The Bertz CT molecular complexity index is 398. The van der Waals surface area contributed by atoms with Gasteiger partial charge in [-0.15, -0.1) is 0 Å². The second-order valence-corrected chi connectivity index (χ2v) is 4.03. The molecule has 0 saturated heterocycles. The van der Waals surface area contributed by atoms with Crippen LogP contribution >= 0.6 is 11.6 Å². The number of hydrogen-bond acceptors (Lipinski definition) is 4. The Morgan fingerprint density at radius 3 is 2.88 bits per heavy atom. The molecule has 2 N–H and O–H groups in total. The van der Waals surface area contributed by atoms with E-state index < -0.39 is 0 Å². The maximum atomic E-state index is 11.9. The maximum absolute atomic E-state index is 11.9. The molecular formula is C11H16ClN3O2. The second-order valence-electron chi connectivity index (χ2n) is 3.64. The Balaban J connectivity index is 2.78. The molecule has 6 heteroatoms. The van der Waals surface area contributed by atoms with Gasteiger partial charge in [-0.3, -0.25) is 4.79 Å². The van der Waals surface area contributed by atoms with Gasteiger partial charge in [-0.1, -0.05) is 11.6 Å². The van der Waals surface area contributed by atoms with Gasteiger partial charge < -0.3 is 15.4 Å². The molecule has 0 radical (unpaired) electrons. The Morgan fingerprint density at radius 1 is 1.59 bits per heavy atom. The predicted molar refractivity (Wildman–Crippen MR) is 67.6 cm³/mol. The molecule has 1 amide bonds. The summed E-state index contributed by atoms with van der Waals surface area (Å²) >= 11 is 5.81. The molecular weight excluding hydrogens is 242 g/mol. The van der Waals surface area contributed by atoms with E-state index in [1.807, 2.05) is 6.92 Å². The molecule has 17 heavy (non-hydrogen) atoms. The van der Waals surface area contributed by atoms with Crippen molar-refractivity contribution < 1.29 is 9.53 Å². The zero-order chi connectivity index (χ0) is 12.8. The van der Waals surface area contributed by atoms with Gasteiger partial charge >= 0.3 is 0 Å². The summed E-state index contributed by atoms with van der Waals surface area (Å²) in [6.07, 6.45) is 0. The lowest BCUT2D eigenvalue weighted by atomic mass is 10.2. The first-order valence-electron chi connectivity index (χ1n) is 5.22. The molecule has 0 aromatic carbocycles. The largest absolute Gasteiger partial charge is 0.383 e. The lowest BCUT2D eigenvalue weighted by Gasteiger charge is -2.13. The molecule has 0 spiro atoms. The van der Waals surface area contributed by atoms with E-state index in [0.717, 1.165) is 0 Å². The standard InChI is InChI=1S/C11H16ClN3O2/c1-7(6-17-3)14-11(16)8-4-9(12)15-10(5-8)13-2/h4-5,7H,6H2,1-3H3,(H,13,15)(H,14,16). The van der Waals surface area contributed by atoms with Crippen LogP contribution < -0.4 is 10.6 Å². The van der Waals surface area contributed by atoms with Crippen LogP contribution in [0.25, 0.3) is 0 Å². The molecule has 5 nitrogen and oxygen atoms in total. The number of anilines is 1. The lowest BCUT2D eigenvalue weighted by molar-refractivity contribution is 0.0905. The van der Waals surface area contributed by atoms with Crippen molar-refractivity contribution in [3.8, 4) is 0 Å². The van der Waals surface area contributed by atoms with Gasteiger partial charge in [0.1, 0.15) is 11.0 Å². The molecule has 1 unspecified atom stereocenters. The van der Waals surface area contributed by atoms with E-state index in [-0.39, 0.29) is 17.1 Å². The Hall–Kier alpha value is -1.33. The van der Waals surface area contributed by atoms with Crippen molar-refractivity contribution in [3.05, 3.63) is 22.8 Å². The van der Waals surface area contributed by atoms with Crippen LogP contribution in [0.4, 0.5) is 5.82 Å². The van der Waals surface area contributed by atoms with Crippen molar-refractivity contribution in [1.82, 2.24) is 10.3 Å². The monoisotopic (exact) mass is 257 g/mol. The Kier molecular flexibility index (Phi) is 5.18. The highest BCUT2D eigenvalue weighted by atomic mass is 35.5. The zero-order valence-corrected chi connectivity index (χ0v) is 10.8. The summed E-state index contributed by atoms with van der Waals surface area (Å²) in [7, 11) is 3.30. The fourth-order valence-electron chi connectivity index (χ4n) is 1.35. The fourth-order valence-corrected chi connectivity index (χ4v) is 1.56. The molecule has 1 aromatic rings. The average Bonchev–Trinajstić information content (AvgIpc) is 2.28. The number of aromatic nitrogens is 1. The van der Waals surface area contributed by atoms with Gasteiger partial charge in [-0.05, 0) is 19.1 Å². The van der Waals surface area contributed by atoms with Gasteiger partial charge in [0.25, 0.3) is 5.91 Å². The summed E-state index contributed by atoms with van der Waals surface area (Å²) in [5.74, 6) is 0.359. The van der Waals surface area contributed by atoms with E-state index in [1.54, 1.807) is 20.2 Å². The SMILES string of the molecule is CNc1cc(C(=O)NC(C)COC)cc(Cl)n1. The fraction of sp³-hybridized carbons (Fsp3) is 0.455. The number of halogens is 1. The van der Waals surface area contributed by atoms with E-state index in [0.29, 0.717) is 18.0 Å². The van der Waals surface area contributed by atoms with Gasteiger partial charge in [-0.25, -0.2) is 4.98 Å². The van der Waals surface area contributed by atoms with Gasteiger partial charge in [0.15, 0.2) is 0 Å². The third-order valence-electron chi connectivity index (χ3n) is 2.11. The molecule has 0 fully saturated rings. The first-order chi connectivity index (χ1) is 8.06. The number of rotatable bonds is 5.